The first-order valence-electron chi connectivity index (χ1n) is 7.53. The van der Waals surface area contributed by atoms with Crippen LogP contribution in [0.15, 0.2) is 24.3 Å². The molecule has 1 aromatic carbocycles. The summed E-state index contributed by atoms with van der Waals surface area (Å²) in [7, 11) is 0. The Kier molecular flexibility index (Phi) is 5.33. The fourth-order valence-electron chi connectivity index (χ4n) is 2.61. The van der Waals surface area contributed by atoms with Crippen LogP contribution in [0.4, 0.5) is 10.5 Å². The third-order valence-corrected chi connectivity index (χ3v) is 3.93. The molecule has 2 unspecified atom stereocenters. The SMILES string of the molecule is CCC(C(=N)CC1CN(c2ccc(CN)cc2)C(=O)O1)C(=O)O. The van der Waals surface area contributed by atoms with Crippen LogP contribution in [0.2, 0.25) is 0 Å². The lowest BCUT2D eigenvalue weighted by Gasteiger charge is -2.15. The smallest absolute Gasteiger partial charge is 0.414 e. The highest BCUT2D eigenvalue weighted by molar-refractivity contribution is 6.00. The van der Waals surface area contributed by atoms with E-state index in [2.05, 4.69) is 0 Å². The van der Waals surface area contributed by atoms with Crippen LogP contribution in [-0.4, -0.2) is 35.5 Å². The Morgan fingerprint density at radius 3 is 2.65 bits per heavy atom. The normalized spacial score (nSPS) is 18.6. The van der Waals surface area contributed by atoms with Gasteiger partial charge in [-0.15, -0.1) is 0 Å². The number of carbonyl (C=O) groups is 2. The van der Waals surface area contributed by atoms with Crippen LogP contribution in [0.3, 0.4) is 0 Å². The molecular weight excluding hydrogens is 298 g/mol. The van der Waals surface area contributed by atoms with Crippen molar-refractivity contribution in [2.24, 2.45) is 11.7 Å². The highest BCUT2D eigenvalue weighted by atomic mass is 16.6. The van der Waals surface area contributed by atoms with Gasteiger partial charge in [0.15, 0.2) is 0 Å². The van der Waals surface area contributed by atoms with E-state index in [4.69, 9.17) is 21.0 Å². The number of ether oxygens (including phenoxy) is 1. The van der Waals surface area contributed by atoms with Crippen molar-refractivity contribution >= 4 is 23.5 Å². The Hall–Kier alpha value is -2.41. The van der Waals surface area contributed by atoms with Crippen molar-refractivity contribution in [3.63, 3.8) is 0 Å². The molecule has 1 fully saturated rings. The lowest BCUT2D eigenvalue weighted by molar-refractivity contribution is -0.139. The Morgan fingerprint density at radius 1 is 1.48 bits per heavy atom. The van der Waals surface area contributed by atoms with Crippen LogP contribution in [0.5, 0.6) is 0 Å². The molecule has 1 aliphatic rings. The number of carbonyl (C=O) groups excluding carboxylic acids is 1. The molecule has 124 valence electrons. The van der Waals surface area contributed by atoms with Crippen LogP contribution >= 0.6 is 0 Å². The maximum atomic E-state index is 12.0. The van der Waals surface area contributed by atoms with Crippen molar-refractivity contribution < 1.29 is 19.4 Å². The van der Waals surface area contributed by atoms with E-state index in [9.17, 15) is 9.59 Å². The van der Waals surface area contributed by atoms with Crippen molar-refractivity contribution in [3.05, 3.63) is 29.8 Å². The monoisotopic (exact) mass is 319 g/mol. The fraction of sp³-hybridized carbons (Fsp3) is 0.438. The average Bonchev–Trinajstić information content (AvgIpc) is 2.88. The number of benzene rings is 1. The lowest BCUT2D eigenvalue weighted by atomic mass is 9.96. The number of nitrogens with two attached hydrogens (primary N) is 1. The van der Waals surface area contributed by atoms with Gasteiger partial charge in [-0.25, -0.2) is 4.79 Å². The van der Waals surface area contributed by atoms with E-state index in [1.165, 1.54) is 4.90 Å². The second kappa shape index (κ2) is 7.23. The first-order chi connectivity index (χ1) is 11.0. The molecule has 7 nitrogen and oxygen atoms in total. The first-order valence-corrected chi connectivity index (χ1v) is 7.53. The maximum absolute atomic E-state index is 12.0. The summed E-state index contributed by atoms with van der Waals surface area (Å²) in [6, 6.07) is 7.28. The fourth-order valence-corrected chi connectivity index (χ4v) is 2.61. The number of hydrogen-bond donors (Lipinski definition) is 3. The molecule has 2 atom stereocenters. The number of aliphatic carboxylic acids is 1. The molecule has 23 heavy (non-hydrogen) atoms. The lowest BCUT2D eigenvalue weighted by Crippen LogP contribution is -2.28. The van der Waals surface area contributed by atoms with Crippen LogP contribution in [0.1, 0.15) is 25.3 Å². The van der Waals surface area contributed by atoms with Crippen molar-refractivity contribution in [1.29, 1.82) is 5.41 Å². The Bertz CT molecular complexity index is 600. The minimum absolute atomic E-state index is 0.0816. The van der Waals surface area contributed by atoms with Gasteiger partial charge in [0.25, 0.3) is 0 Å². The Morgan fingerprint density at radius 2 is 2.13 bits per heavy atom. The molecule has 2 rings (SSSR count). The summed E-state index contributed by atoms with van der Waals surface area (Å²) in [6.07, 6.45) is -0.503. The average molecular weight is 319 g/mol. The van der Waals surface area contributed by atoms with Gasteiger partial charge >= 0.3 is 12.1 Å². The number of rotatable bonds is 7. The summed E-state index contributed by atoms with van der Waals surface area (Å²) in [5.41, 5.74) is 7.29. The molecule has 1 aliphatic heterocycles. The zero-order valence-corrected chi connectivity index (χ0v) is 13.0. The largest absolute Gasteiger partial charge is 0.481 e. The van der Waals surface area contributed by atoms with E-state index in [1.54, 1.807) is 19.1 Å². The van der Waals surface area contributed by atoms with Gasteiger partial charge in [-0.2, -0.15) is 0 Å². The zero-order valence-electron chi connectivity index (χ0n) is 13.0. The number of nitrogens with one attached hydrogen (secondary N) is 1. The van der Waals surface area contributed by atoms with Crippen molar-refractivity contribution in [2.75, 3.05) is 11.4 Å². The summed E-state index contributed by atoms with van der Waals surface area (Å²) < 4.78 is 5.26. The van der Waals surface area contributed by atoms with Gasteiger partial charge in [0, 0.05) is 24.4 Å². The third kappa shape index (κ3) is 3.87. The van der Waals surface area contributed by atoms with Gasteiger partial charge < -0.3 is 21.0 Å². The zero-order chi connectivity index (χ0) is 17.0. The second-order valence-electron chi connectivity index (χ2n) is 5.52. The minimum atomic E-state index is -1.02. The second-order valence-corrected chi connectivity index (χ2v) is 5.52. The van der Waals surface area contributed by atoms with E-state index < -0.39 is 24.1 Å². The summed E-state index contributed by atoms with van der Waals surface area (Å²) in [4.78, 5) is 24.6. The maximum Gasteiger partial charge on any atom is 0.414 e. The highest BCUT2D eigenvalue weighted by Crippen LogP contribution is 2.24. The van der Waals surface area contributed by atoms with Crippen LogP contribution in [0.25, 0.3) is 0 Å². The summed E-state index contributed by atoms with van der Waals surface area (Å²) >= 11 is 0. The van der Waals surface area contributed by atoms with E-state index in [1.807, 2.05) is 12.1 Å². The van der Waals surface area contributed by atoms with E-state index >= 15 is 0 Å². The molecule has 4 N–H and O–H groups in total. The Balaban J connectivity index is 2.01. The topological polar surface area (TPSA) is 117 Å². The van der Waals surface area contributed by atoms with E-state index in [0.717, 1.165) is 5.56 Å². The number of amides is 1. The minimum Gasteiger partial charge on any atom is -0.481 e. The van der Waals surface area contributed by atoms with Gasteiger partial charge in [0.1, 0.15) is 6.10 Å². The Labute approximate surface area is 134 Å². The predicted octanol–water partition coefficient (Wildman–Crippen LogP) is 1.99. The molecule has 0 bridgehead atoms. The predicted molar refractivity (Wildman–Crippen MR) is 85.7 cm³/mol. The van der Waals surface area contributed by atoms with E-state index in [0.29, 0.717) is 25.2 Å². The highest BCUT2D eigenvalue weighted by Gasteiger charge is 2.34. The van der Waals surface area contributed by atoms with Gasteiger partial charge in [-0.3, -0.25) is 9.69 Å². The van der Waals surface area contributed by atoms with Crippen LogP contribution in [-0.2, 0) is 16.1 Å². The van der Waals surface area contributed by atoms with Crippen LogP contribution < -0.4 is 10.6 Å². The molecule has 1 amide bonds. The standard InChI is InChI=1S/C16H21N3O4/c1-2-13(15(20)21)14(18)7-12-9-19(16(22)23-12)11-5-3-10(8-17)4-6-11/h3-6,12-13,18H,2,7-9,17H2,1H3,(H,20,21). The van der Waals surface area contributed by atoms with E-state index in [-0.39, 0.29) is 12.1 Å². The van der Waals surface area contributed by atoms with Gasteiger partial charge in [0.2, 0.25) is 0 Å². The number of hydrogen-bond acceptors (Lipinski definition) is 5. The number of cyclic esters (lactones) is 1. The van der Waals surface area contributed by atoms with Gasteiger partial charge in [0.05, 0.1) is 12.5 Å². The van der Waals surface area contributed by atoms with Crippen molar-refractivity contribution in [1.82, 2.24) is 0 Å². The van der Waals surface area contributed by atoms with Crippen molar-refractivity contribution in [3.8, 4) is 0 Å². The number of carboxylic acid groups (broad SMARTS) is 1. The number of nitrogens with zero attached hydrogens (tertiary/aromatic N) is 1. The van der Waals surface area contributed by atoms with Crippen LogP contribution in [0, 0.1) is 11.3 Å². The number of anilines is 1. The van der Waals surface area contributed by atoms with Gasteiger partial charge in [-0.05, 0) is 24.1 Å². The molecule has 0 radical (unpaired) electrons. The molecule has 0 saturated carbocycles. The van der Waals surface area contributed by atoms with Crippen molar-refractivity contribution in [2.45, 2.75) is 32.4 Å². The molecule has 0 aliphatic carbocycles. The molecule has 0 aromatic heterocycles. The molecular formula is C16H21N3O4. The summed E-state index contributed by atoms with van der Waals surface area (Å²) in [5.74, 6) is -1.84. The summed E-state index contributed by atoms with van der Waals surface area (Å²) in [5, 5.41) is 17.0. The number of carboxylic acids is 1. The summed E-state index contributed by atoms with van der Waals surface area (Å²) in [6.45, 7) is 2.45. The van der Waals surface area contributed by atoms with Gasteiger partial charge in [-0.1, -0.05) is 19.1 Å². The third-order valence-electron chi connectivity index (χ3n) is 3.93. The molecule has 7 heteroatoms. The molecule has 1 heterocycles. The first kappa shape index (κ1) is 17.0. The quantitative estimate of drug-likeness (QED) is 0.664. The molecule has 1 aromatic rings. The molecule has 0 spiro atoms. The molecule has 1 saturated heterocycles.